The van der Waals surface area contributed by atoms with Gasteiger partial charge in [-0.1, -0.05) is 60.7 Å². The van der Waals surface area contributed by atoms with Crippen LogP contribution in [0, 0.1) is 0 Å². The molecule has 33 heavy (non-hydrogen) atoms. The first kappa shape index (κ1) is 19.5. The smallest absolute Gasteiger partial charge is 0.109 e. The normalized spacial score (nSPS) is 11.0. The van der Waals surface area contributed by atoms with Gasteiger partial charge < -0.3 is 0 Å². The molecule has 0 aliphatic heterocycles. The Labute approximate surface area is 195 Å². The summed E-state index contributed by atoms with van der Waals surface area (Å²) in [6.45, 7) is 0. The fourth-order valence-electron chi connectivity index (χ4n) is 3.94. The summed E-state index contributed by atoms with van der Waals surface area (Å²) in [6, 6.07) is 28.6. The average molecular weight is 443 g/mol. The summed E-state index contributed by atoms with van der Waals surface area (Å²) < 4.78 is 0. The molecule has 0 aliphatic rings. The molecule has 0 unspecified atom stereocenters. The van der Waals surface area contributed by atoms with Gasteiger partial charge in [0.15, 0.2) is 0 Å². The van der Waals surface area contributed by atoms with Crippen molar-refractivity contribution in [2.45, 2.75) is 0 Å². The van der Waals surface area contributed by atoms with E-state index in [4.69, 9.17) is 9.97 Å². The Hall–Kier alpha value is -4.22. The molecule has 0 bridgehead atoms. The van der Waals surface area contributed by atoms with Crippen LogP contribution < -0.4 is 0 Å². The third-order valence-corrected chi connectivity index (χ3v) is 6.78. The molecule has 5 heteroatoms. The van der Waals surface area contributed by atoms with E-state index in [0.29, 0.717) is 0 Å². The Kier molecular flexibility index (Phi) is 4.94. The van der Waals surface area contributed by atoms with Crippen molar-refractivity contribution >= 4 is 22.4 Å². The van der Waals surface area contributed by atoms with E-state index in [0.717, 1.165) is 54.4 Å². The van der Waals surface area contributed by atoms with E-state index < -0.39 is 0 Å². The quantitative estimate of drug-likeness (QED) is 0.291. The van der Waals surface area contributed by atoms with Crippen LogP contribution in [0.5, 0.6) is 0 Å². The number of fused-ring (bicyclic) bond motifs is 1. The van der Waals surface area contributed by atoms with Crippen molar-refractivity contribution in [2.75, 3.05) is 0 Å². The number of nitrogens with zero attached hydrogens (tertiary/aromatic N) is 4. The summed E-state index contributed by atoms with van der Waals surface area (Å²) in [5.41, 5.74) is 7.81. The highest BCUT2D eigenvalue weighted by Gasteiger charge is 2.21. The van der Waals surface area contributed by atoms with E-state index in [-0.39, 0.29) is 0 Å². The highest BCUT2D eigenvalue weighted by atomic mass is 32.1. The molecule has 4 nitrogen and oxygen atoms in total. The van der Waals surface area contributed by atoms with Gasteiger partial charge in [-0.05, 0) is 35.4 Å². The molecule has 0 aliphatic carbocycles. The largest absolute Gasteiger partial charge is 0.265 e. The van der Waals surface area contributed by atoms with Gasteiger partial charge in [0, 0.05) is 35.9 Å². The fourth-order valence-corrected chi connectivity index (χ4v) is 5.13. The van der Waals surface area contributed by atoms with E-state index >= 15 is 0 Å². The van der Waals surface area contributed by atoms with Gasteiger partial charge in [0.2, 0.25) is 0 Å². The number of benzene rings is 2. The lowest BCUT2D eigenvalue weighted by Crippen LogP contribution is -1.95. The molecular weight excluding hydrogens is 424 g/mol. The number of hydrogen-bond donors (Lipinski definition) is 0. The van der Waals surface area contributed by atoms with Crippen LogP contribution in [-0.2, 0) is 0 Å². The monoisotopic (exact) mass is 442 g/mol. The third kappa shape index (κ3) is 3.58. The highest BCUT2D eigenvalue weighted by molar-refractivity contribution is 7.20. The molecule has 2 aromatic carbocycles. The molecule has 6 rings (SSSR count). The molecule has 0 amide bonds. The van der Waals surface area contributed by atoms with Crippen molar-refractivity contribution in [3.8, 4) is 43.4 Å². The molecule has 4 heterocycles. The minimum Gasteiger partial charge on any atom is -0.265 e. The van der Waals surface area contributed by atoms with E-state index in [9.17, 15) is 0 Å². The minimum absolute atomic E-state index is 0.878. The summed E-state index contributed by atoms with van der Waals surface area (Å²) in [7, 11) is 0. The van der Waals surface area contributed by atoms with Crippen LogP contribution >= 0.6 is 11.3 Å². The van der Waals surface area contributed by atoms with Gasteiger partial charge in [-0.2, -0.15) is 0 Å². The molecule has 0 saturated heterocycles. The van der Waals surface area contributed by atoms with Crippen molar-refractivity contribution < 1.29 is 0 Å². The van der Waals surface area contributed by atoms with Gasteiger partial charge in [0.05, 0.1) is 21.1 Å². The van der Waals surface area contributed by atoms with Gasteiger partial charge in [-0.25, -0.2) is 9.97 Å². The Morgan fingerprint density at radius 3 is 1.21 bits per heavy atom. The first-order valence-corrected chi connectivity index (χ1v) is 11.5. The van der Waals surface area contributed by atoms with Gasteiger partial charge in [0.1, 0.15) is 11.0 Å². The van der Waals surface area contributed by atoms with Crippen LogP contribution in [0.4, 0.5) is 0 Å². The number of pyridine rings is 2. The molecule has 0 radical (unpaired) electrons. The molecular formula is C28H18N4S. The molecule has 4 aromatic heterocycles. The van der Waals surface area contributed by atoms with Crippen LogP contribution in [0.15, 0.2) is 110 Å². The van der Waals surface area contributed by atoms with Gasteiger partial charge in [0.25, 0.3) is 0 Å². The fraction of sp³-hybridized carbons (Fsp3) is 0. The number of aromatic nitrogens is 4. The molecule has 156 valence electrons. The van der Waals surface area contributed by atoms with E-state index in [1.165, 1.54) is 0 Å². The summed E-state index contributed by atoms with van der Waals surface area (Å²) in [5, 5.41) is 0. The van der Waals surface area contributed by atoms with E-state index in [2.05, 4.69) is 34.2 Å². The summed E-state index contributed by atoms with van der Waals surface area (Å²) >= 11 is 1.71. The van der Waals surface area contributed by atoms with Crippen molar-refractivity contribution in [1.82, 2.24) is 19.9 Å². The SMILES string of the molecule is c1ccc(-c2nc3c(-c4ccncc4)sc(-c4ccncc4)c3nc2-c2ccccc2)cc1. The summed E-state index contributed by atoms with van der Waals surface area (Å²) in [6.07, 6.45) is 7.27. The predicted molar refractivity (Wildman–Crippen MR) is 135 cm³/mol. The lowest BCUT2D eigenvalue weighted by Gasteiger charge is -2.10. The maximum Gasteiger partial charge on any atom is 0.109 e. The first-order chi connectivity index (χ1) is 16.4. The molecule has 0 saturated carbocycles. The lowest BCUT2D eigenvalue weighted by molar-refractivity contribution is 1.30. The summed E-state index contributed by atoms with van der Waals surface area (Å²) in [5.74, 6) is 0. The Balaban J connectivity index is 1.72. The highest BCUT2D eigenvalue weighted by Crippen LogP contribution is 2.44. The second kappa shape index (κ2) is 8.37. The Bertz CT molecular complexity index is 1410. The van der Waals surface area contributed by atoms with E-state index in [1.54, 1.807) is 11.3 Å². The molecule has 0 spiro atoms. The number of rotatable bonds is 4. The van der Waals surface area contributed by atoms with Crippen LogP contribution in [0.1, 0.15) is 0 Å². The van der Waals surface area contributed by atoms with Gasteiger partial charge in [-0.3, -0.25) is 9.97 Å². The second-order valence-corrected chi connectivity index (χ2v) is 8.60. The third-order valence-electron chi connectivity index (χ3n) is 5.51. The van der Waals surface area contributed by atoms with Crippen molar-refractivity contribution in [3.05, 3.63) is 110 Å². The van der Waals surface area contributed by atoms with Crippen LogP contribution in [0.25, 0.3) is 54.4 Å². The van der Waals surface area contributed by atoms with Crippen molar-refractivity contribution in [2.24, 2.45) is 0 Å². The zero-order valence-electron chi connectivity index (χ0n) is 17.6. The molecule has 0 fully saturated rings. The van der Waals surface area contributed by atoms with Gasteiger partial charge >= 0.3 is 0 Å². The minimum atomic E-state index is 0.878. The number of hydrogen-bond acceptors (Lipinski definition) is 5. The number of thiophene rings is 1. The standard InChI is InChI=1S/C28H18N4S/c1-3-7-19(8-4-1)23-24(20-9-5-2-6-10-20)32-26-25(31-23)27(21-11-15-29-16-12-21)33-28(26)22-13-17-30-18-14-22/h1-18H. The maximum absolute atomic E-state index is 5.26. The zero-order valence-corrected chi connectivity index (χ0v) is 18.4. The summed E-state index contributed by atoms with van der Waals surface area (Å²) in [4.78, 5) is 21.1. The first-order valence-electron chi connectivity index (χ1n) is 10.6. The van der Waals surface area contributed by atoms with Crippen molar-refractivity contribution in [3.63, 3.8) is 0 Å². The Morgan fingerprint density at radius 2 is 0.818 bits per heavy atom. The average Bonchev–Trinajstić information content (AvgIpc) is 3.29. The van der Waals surface area contributed by atoms with Crippen LogP contribution in [0.3, 0.4) is 0 Å². The lowest BCUT2D eigenvalue weighted by atomic mass is 10.0. The van der Waals surface area contributed by atoms with Crippen molar-refractivity contribution in [1.29, 1.82) is 0 Å². The zero-order chi connectivity index (χ0) is 22.0. The topological polar surface area (TPSA) is 51.6 Å². The van der Waals surface area contributed by atoms with Crippen LogP contribution in [-0.4, -0.2) is 19.9 Å². The van der Waals surface area contributed by atoms with Crippen LogP contribution in [0.2, 0.25) is 0 Å². The van der Waals surface area contributed by atoms with E-state index in [1.807, 2.05) is 85.5 Å². The Morgan fingerprint density at radius 1 is 0.424 bits per heavy atom. The molecule has 6 aromatic rings. The predicted octanol–water partition coefficient (Wildman–Crippen LogP) is 7.15. The molecule has 0 atom stereocenters. The van der Waals surface area contributed by atoms with Gasteiger partial charge in [-0.15, -0.1) is 11.3 Å². The molecule has 0 N–H and O–H groups in total. The maximum atomic E-state index is 5.26. The second-order valence-electron chi connectivity index (χ2n) is 7.58.